The Kier molecular flexibility index (Phi) is 4.98. The van der Waals surface area contributed by atoms with Crippen LogP contribution in [-0.4, -0.2) is 35.8 Å². The Morgan fingerprint density at radius 2 is 2.08 bits per heavy atom. The lowest BCUT2D eigenvalue weighted by Crippen LogP contribution is -2.31. The third-order valence-corrected chi connectivity index (χ3v) is 4.78. The second-order valence-electron chi connectivity index (χ2n) is 5.48. The molecule has 1 aliphatic heterocycles. The molecule has 7 nitrogen and oxygen atoms in total. The molecule has 1 aromatic carbocycles. The number of nitrogens with zero attached hydrogens (tertiary/aromatic N) is 1. The molecule has 1 atom stereocenters. The minimum Gasteiger partial charge on any atom is -0.497 e. The molecule has 8 heteroatoms. The van der Waals surface area contributed by atoms with Gasteiger partial charge in [0.05, 0.1) is 19.8 Å². The third-order valence-electron chi connectivity index (χ3n) is 4.03. The largest absolute Gasteiger partial charge is 0.497 e. The van der Waals surface area contributed by atoms with Crippen molar-refractivity contribution in [1.82, 2.24) is 9.97 Å². The highest BCUT2D eigenvalue weighted by Gasteiger charge is 2.32. The number of hydrogen-bond acceptors (Lipinski definition) is 6. The van der Waals surface area contributed by atoms with Gasteiger partial charge in [-0.1, -0.05) is 24.8 Å². The average molecular weight is 361 g/mol. The highest BCUT2D eigenvalue weighted by Crippen LogP contribution is 2.39. The van der Waals surface area contributed by atoms with Crippen molar-refractivity contribution < 1.29 is 14.3 Å². The van der Waals surface area contributed by atoms with Gasteiger partial charge in [-0.15, -0.1) is 0 Å². The second-order valence-corrected chi connectivity index (χ2v) is 6.73. The van der Waals surface area contributed by atoms with Gasteiger partial charge in [0, 0.05) is 24.0 Å². The summed E-state index contributed by atoms with van der Waals surface area (Å²) in [7, 11) is 3.12. The van der Waals surface area contributed by atoms with E-state index in [1.807, 2.05) is 13.0 Å². The lowest BCUT2D eigenvalue weighted by atomic mass is 9.86. The molecule has 0 radical (unpaired) electrons. The Balaban J connectivity index is 2.14. The quantitative estimate of drug-likeness (QED) is 0.627. The molecule has 0 saturated heterocycles. The molecule has 2 heterocycles. The minimum atomic E-state index is -0.429. The maximum atomic E-state index is 12.6. The molecule has 0 unspecified atom stereocenters. The lowest BCUT2D eigenvalue weighted by Gasteiger charge is -2.25. The Labute approximate surface area is 149 Å². The summed E-state index contributed by atoms with van der Waals surface area (Å²) in [4.78, 5) is 32.0. The van der Waals surface area contributed by atoms with Gasteiger partial charge < -0.3 is 19.8 Å². The van der Waals surface area contributed by atoms with Gasteiger partial charge in [-0.25, -0.2) is 4.98 Å². The van der Waals surface area contributed by atoms with Crippen LogP contribution in [0.2, 0.25) is 0 Å². The van der Waals surface area contributed by atoms with E-state index in [2.05, 4.69) is 15.3 Å². The molecule has 2 N–H and O–H groups in total. The van der Waals surface area contributed by atoms with Crippen molar-refractivity contribution in [3.63, 3.8) is 0 Å². The number of hydrogen-bond donors (Lipinski definition) is 2. The number of nitrogens with one attached hydrogen (secondary N) is 2. The molecular weight excluding hydrogens is 342 g/mol. The van der Waals surface area contributed by atoms with Crippen molar-refractivity contribution in [3.8, 4) is 11.5 Å². The van der Waals surface area contributed by atoms with Crippen LogP contribution >= 0.6 is 11.8 Å². The molecule has 132 valence electrons. The molecule has 0 aliphatic carbocycles. The molecule has 0 bridgehead atoms. The molecule has 0 saturated carbocycles. The number of thioether (sulfide) groups is 1. The Hall–Kier alpha value is -2.48. The molecule has 3 rings (SSSR count). The second kappa shape index (κ2) is 7.18. The molecular formula is C17H19N3O4S. The topological polar surface area (TPSA) is 93.3 Å². The van der Waals surface area contributed by atoms with Crippen LogP contribution < -0.4 is 20.3 Å². The fourth-order valence-electron chi connectivity index (χ4n) is 2.93. The van der Waals surface area contributed by atoms with Crippen LogP contribution in [0.25, 0.3) is 0 Å². The smallest absolute Gasteiger partial charge is 0.257 e. The van der Waals surface area contributed by atoms with Crippen LogP contribution in [0.1, 0.15) is 30.4 Å². The molecule has 1 aromatic heterocycles. The number of anilines is 1. The molecule has 2 aromatic rings. The predicted molar refractivity (Wildman–Crippen MR) is 95.9 cm³/mol. The van der Waals surface area contributed by atoms with E-state index < -0.39 is 5.92 Å². The van der Waals surface area contributed by atoms with Gasteiger partial charge in [0.1, 0.15) is 17.3 Å². The average Bonchev–Trinajstić information content (AvgIpc) is 2.60. The number of carbonyl (C=O) groups excluding carboxylic acids is 1. The highest BCUT2D eigenvalue weighted by molar-refractivity contribution is 7.99. The van der Waals surface area contributed by atoms with E-state index in [0.29, 0.717) is 28.0 Å². The van der Waals surface area contributed by atoms with Crippen LogP contribution in [0.3, 0.4) is 0 Å². The van der Waals surface area contributed by atoms with E-state index in [-0.39, 0.29) is 17.9 Å². The summed E-state index contributed by atoms with van der Waals surface area (Å²) in [6.45, 7) is 1.97. The molecule has 1 aliphatic rings. The van der Waals surface area contributed by atoms with Crippen molar-refractivity contribution >= 4 is 23.5 Å². The number of aromatic amines is 1. The van der Waals surface area contributed by atoms with Gasteiger partial charge in [0.25, 0.3) is 5.56 Å². The number of ether oxygens (including phenoxy) is 2. The van der Waals surface area contributed by atoms with Crippen LogP contribution in [0.4, 0.5) is 5.82 Å². The maximum absolute atomic E-state index is 12.6. The number of benzene rings is 1. The first-order valence-corrected chi connectivity index (χ1v) is 8.84. The van der Waals surface area contributed by atoms with Crippen molar-refractivity contribution in [3.05, 3.63) is 39.7 Å². The Morgan fingerprint density at radius 3 is 2.76 bits per heavy atom. The number of amides is 1. The summed E-state index contributed by atoms with van der Waals surface area (Å²) in [6.07, 6.45) is 0.153. The zero-order chi connectivity index (χ0) is 18.0. The number of H-pyrrole nitrogens is 1. The monoisotopic (exact) mass is 361 g/mol. The molecule has 0 fully saturated rings. The van der Waals surface area contributed by atoms with Crippen LogP contribution in [0.15, 0.2) is 28.2 Å². The van der Waals surface area contributed by atoms with Crippen molar-refractivity contribution in [1.29, 1.82) is 0 Å². The zero-order valence-corrected chi connectivity index (χ0v) is 15.0. The maximum Gasteiger partial charge on any atom is 0.257 e. The van der Waals surface area contributed by atoms with E-state index in [4.69, 9.17) is 9.47 Å². The Morgan fingerprint density at radius 1 is 1.28 bits per heavy atom. The van der Waals surface area contributed by atoms with Gasteiger partial charge in [-0.2, -0.15) is 0 Å². The normalized spacial score (nSPS) is 16.1. The van der Waals surface area contributed by atoms with Gasteiger partial charge >= 0.3 is 0 Å². The number of fused-ring (bicyclic) bond motifs is 1. The van der Waals surface area contributed by atoms with Gasteiger partial charge in [-0.3, -0.25) is 9.59 Å². The molecule has 0 spiro atoms. The van der Waals surface area contributed by atoms with Crippen LogP contribution in [0.5, 0.6) is 11.5 Å². The predicted octanol–water partition coefficient (Wildman–Crippen LogP) is 2.37. The van der Waals surface area contributed by atoms with Gasteiger partial charge in [-0.05, 0) is 11.8 Å². The summed E-state index contributed by atoms with van der Waals surface area (Å²) in [5.74, 6) is 1.69. The third kappa shape index (κ3) is 3.34. The van der Waals surface area contributed by atoms with Crippen molar-refractivity contribution in [2.75, 3.05) is 25.3 Å². The van der Waals surface area contributed by atoms with Gasteiger partial charge in [0.2, 0.25) is 5.91 Å². The fraction of sp³-hybridized carbons (Fsp3) is 0.353. The first-order chi connectivity index (χ1) is 12.1. The van der Waals surface area contributed by atoms with Gasteiger partial charge in [0.15, 0.2) is 5.16 Å². The number of carbonyl (C=O) groups is 1. The summed E-state index contributed by atoms with van der Waals surface area (Å²) in [5.41, 5.74) is 0.954. The number of methoxy groups -OCH3 is 2. The van der Waals surface area contributed by atoms with E-state index >= 15 is 0 Å². The molecule has 25 heavy (non-hydrogen) atoms. The number of aromatic nitrogens is 2. The summed E-state index contributed by atoms with van der Waals surface area (Å²) < 4.78 is 10.7. The SMILES string of the molecule is CCSc1nc2c(c(=O)[nH]1)[C@@H](c1ccc(OC)cc1OC)CC(=O)N2. The number of rotatable bonds is 5. The Bertz CT molecular complexity index is 865. The van der Waals surface area contributed by atoms with Crippen molar-refractivity contribution in [2.24, 2.45) is 0 Å². The summed E-state index contributed by atoms with van der Waals surface area (Å²) in [5, 5.41) is 3.20. The summed E-state index contributed by atoms with van der Waals surface area (Å²) in [6, 6.07) is 5.34. The van der Waals surface area contributed by atoms with E-state index in [9.17, 15) is 9.59 Å². The highest BCUT2D eigenvalue weighted by atomic mass is 32.2. The molecule has 1 amide bonds. The fourth-order valence-corrected chi connectivity index (χ4v) is 3.52. The minimum absolute atomic E-state index is 0.153. The van der Waals surface area contributed by atoms with Crippen LogP contribution in [-0.2, 0) is 4.79 Å². The van der Waals surface area contributed by atoms with Crippen molar-refractivity contribution in [2.45, 2.75) is 24.4 Å². The summed E-state index contributed by atoms with van der Waals surface area (Å²) >= 11 is 1.41. The first kappa shape index (κ1) is 17.3. The lowest BCUT2D eigenvalue weighted by molar-refractivity contribution is -0.116. The van der Waals surface area contributed by atoms with Crippen LogP contribution in [0, 0.1) is 0 Å². The standard InChI is InChI=1S/C17H19N3O4S/c1-4-25-17-19-15-14(16(22)20-17)11(8-13(21)18-15)10-6-5-9(23-2)7-12(10)24-3/h5-7,11H,4,8H2,1-3H3,(H2,18,19,20,21,22)/t11-/m1/s1. The first-order valence-electron chi connectivity index (χ1n) is 7.86. The van der Waals surface area contributed by atoms with E-state index in [1.165, 1.54) is 11.8 Å². The zero-order valence-electron chi connectivity index (χ0n) is 14.2. The van der Waals surface area contributed by atoms with E-state index in [1.54, 1.807) is 26.4 Å². The van der Waals surface area contributed by atoms with E-state index in [0.717, 1.165) is 11.3 Å².